The van der Waals surface area contributed by atoms with Gasteiger partial charge in [-0.2, -0.15) is 0 Å². The van der Waals surface area contributed by atoms with E-state index in [-0.39, 0.29) is 18.4 Å². The van der Waals surface area contributed by atoms with E-state index in [0.717, 1.165) is 16.6 Å². The SMILES string of the molecule is O=C(NC1CC(=O)N(c2ccc(N3CCCCOC3=O)c(Cl)c2)C1)Oc1ccc(Br)s1. The predicted octanol–water partition coefficient (Wildman–Crippen LogP) is 4.79. The molecular weight excluding hydrogens is 510 g/mol. The number of hydrogen-bond acceptors (Lipinski definition) is 6. The lowest BCUT2D eigenvalue weighted by molar-refractivity contribution is -0.117. The Hall–Kier alpha value is -2.30. The van der Waals surface area contributed by atoms with Crippen molar-refractivity contribution in [1.82, 2.24) is 5.32 Å². The molecule has 4 rings (SSSR count). The average Bonchev–Trinajstić information content (AvgIpc) is 3.21. The molecule has 0 aliphatic carbocycles. The molecular formula is C20H19BrClN3O5S. The number of rotatable bonds is 4. The maximum absolute atomic E-state index is 12.5. The molecule has 1 N–H and O–H groups in total. The van der Waals surface area contributed by atoms with Gasteiger partial charge in [-0.25, -0.2) is 9.59 Å². The van der Waals surface area contributed by atoms with Crippen LogP contribution in [0.3, 0.4) is 0 Å². The molecule has 3 heterocycles. The summed E-state index contributed by atoms with van der Waals surface area (Å²) in [6.07, 6.45) is 0.745. The number of ether oxygens (including phenoxy) is 2. The highest BCUT2D eigenvalue weighted by Crippen LogP contribution is 2.33. The molecule has 2 aromatic rings. The summed E-state index contributed by atoms with van der Waals surface area (Å²) in [5.74, 6) is -0.137. The van der Waals surface area contributed by atoms with E-state index >= 15 is 0 Å². The summed E-state index contributed by atoms with van der Waals surface area (Å²) in [5.41, 5.74) is 1.14. The Kier molecular flexibility index (Phi) is 6.68. The van der Waals surface area contributed by atoms with Crippen molar-refractivity contribution >= 4 is 68.3 Å². The first-order valence-electron chi connectivity index (χ1n) is 9.68. The molecule has 2 aliphatic heterocycles. The number of halogens is 2. The minimum Gasteiger partial charge on any atom is -0.449 e. The predicted molar refractivity (Wildman–Crippen MR) is 121 cm³/mol. The number of anilines is 2. The van der Waals surface area contributed by atoms with Crippen molar-refractivity contribution in [3.63, 3.8) is 0 Å². The fourth-order valence-electron chi connectivity index (χ4n) is 3.50. The highest BCUT2D eigenvalue weighted by Gasteiger charge is 2.33. The zero-order valence-electron chi connectivity index (χ0n) is 16.3. The van der Waals surface area contributed by atoms with Gasteiger partial charge in [-0.3, -0.25) is 9.69 Å². The summed E-state index contributed by atoms with van der Waals surface area (Å²) in [6, 6.07) is 8.18. The number of nitrogens with one attached hydrogen (secondary N) is 1. The normalized spacial score (nSPS) is 19.2. The fourth-order valence-corrected chi connectivity index (χ4v) is 4.97. The van der Waals surface area contributed by atoms with Gasteiger partial charge in [-0.05, 0) is 59.1 Å². The quantitative estimate of drug-likeness (QED) is 0.616. The number of benzene rings is 1. The Balaban J connectivity index is 1.41. The van der Waals surface area contributed by atoms with Crippen molar-refractivity contribution < 1.29 is 23.9 Å². The van der Waals surface area contributed by atoms with E-state index in [2.05, 4.69) is 21.2 Å². The van der Waals surface area contributed by atoms with Crippen molar-refractivity contribution in [2.75, 3.05) is 29.5 Å². The van der Waals surface area contributed by atoms with Crippen LogP contribution in [0.2, 0.25) is 5.02 Å². The van der Waals surface area contributed by atoms with Gasteiger partial charge in [0, 0.05) is 25.2 Å². The summed E-state index contributed by atoms with van der Waals surface area (Å²) in [7, 11) is 0. The van der Waals surface area contributed by atoms with Crippen LogP contribution in [-0.2, 0) is 9.53 Å². The molecule has 1 atom stereocenters. The van der Waals surface area contributed by atoms with Gasteiger partial charge in [0.1, 0.15) is 0 Å². The summed E-state index contributed by atoms with van der Waals surface area (Å²) < 4.78 is 11.3. The van der Waals surface area contributed by atoms with Crippen LogP contribution >= 0.6 is 38.9 Å². The van der Waals surface area contributed by atoms with E-state index in [1.807, 2.05) is 0 Å². The number of amides is 3. The Morgan fingerprint density at radius 1 is 1.23 bits per heavy atom. The number of nitrogens with zero attached hydrogens (tertiary/aromatic N) is 2. The van der Waals surface area contributed by atoms with E-state index in [1.165, 1.54) is 16.2 Å². The third-order valence-electron chi connectivity index (χ3n) is 4.94. The van der Waals surface area contributed by atoms with Crippen LogP contribution in [0.15, 0.2) is 34.1 Å². The zero-order chi connectivity index (χ0) is 22.0. The topological polar surface area (TPSA) is 88.2 Å². The molecule has 2 saturated heterocycles. The molecule has 0 bridgehead atoms. The summed E-state index contributed by atoms with van der Waals surface area (Å²) in [5, 5.41) is 3.53. The first-order valence-corrected chi connectivity index (χ1v) is 11.7. The van der Waals surface area contributed by atoms with Gasteiger partial charge in [0.2, 0.25) is 5.91 Å². The molecule has 1 aromatic carbocycles. The van der Waals surface area contributed by atoms with Crippen LogP contribution in [-0.4, -0.2) is 43.8 Å². The Labute approximate surface area is 196 Å². The molecule has 0 saturated carbocycles. The van der Waals surface area contributed by atoms with Gasteiger partial charge in [0.25, 0.3) is 0 Å². The second-order valence-electron chi connectivity index (χ2n) is 7.11. The molecule has 1 unspecified atom stereocenters. The second kappa shape index (κ2) is 9.46. The first kappa shape index (κ1) is 21.9. The van der Waals surface area contributed by atoms with Crippen LogP contribution in [0.4, 0.5) is 21.0 Å². The standard InChI is InChI=1S/C20H19BrClN3O5S/c21-16-5-6-18(31-16)30-19(27)23-12-9-17(26)25(11-12)13-3-4-15(14(22)10-13)24-7-1-2-8-29-20(24)28/h3-6,10,12H,1-2,7-9,11H2,(H,23,27). The van der Waals surface area contributed by atoms with Crippen LogP contribution in [0.1, 0.15) is 19.3 Å². The van der Waals surface area contributed by atoms with Crippen LogP contribution < -0.4 is 19.9 Å². The van der Waals surface area contributed by atoms with E-state index in [4.69, 9.17) is 21.1 Å². The van der Waals surface area contributed by atoms with E-state index in [1.54, 1.807) is 35.2 Å². The van der Waals surface area contributed by atoms with Crippen molar-refractivity contribution in [1.29, 1.82) is 0 Å². The lowest BCUT2D eigenvalue weighted by Gasteiger charge is -2.23. The van der Waals surface area contributed by atoms with Crippen molar-refractivity contribution in [2.45, 2.75) is 25.3 Å². The lowest BCUT2D eigenvalue weighted by Crippen LogP contribution is -2.38. The summed E-state index contributed by atoms with van der Waals surface area (Å²) in [6.45, 7) is 1.22. The molecule has 8 nitrogen and oxygen atoms in total. The molecule has 0 radical (unpaired) electrons. The molecule has 0 spiro atoms. The Morgan fingerprint density at radius 3 is 2.81 bits per heavy atom. The summed E-state index contributed by atoms with van der Waals surface area (Å²) >= 11 is 11.0. The largest absolute Gasteiger partial charge is 0.449 e. The van der Waals surface area contributed by atoms with E-state index in [9.17, 15) is 14.4 Å². The van der Waals surface area contributed by atoms with E-state index in [0.29, 0.717) is 41.2 Å². The van der Waals surface area contributed by atoms with Crippen molar-refractivity contribution in [2.24, 2.45) is 0 Å². The molecule has 11 heteroatoms. The van der Waals surface area contributed by atoms with Crippen LogP contribution in [0, 0.1) is 0 Å². The third-order valence-corrected chi connectivity index (χ3v) is 6.75. The first-order chi connectivity index (χ1) is 14.9. The van der Waals surface area contributed by atoms with Crippen LogP contribution in [0.5, 0.6) is 5.06 Å². The number of hydrogen-bond donors (Lipinski definition) is 1. The Bertz CT molecular complexity index is 1020. The molecule has 164 valence electrons. The van der Waals surface area contributed by atoms with Crippen molar-refractivity contribution in [3.8, 4) is 5.06 Å². The molecule has 31 heavy (non-hydrogen) atoms. The highest BCUT2D eigenvalue weighted by molar-refractivity contribution is 9.11. The fraction of sp³-hybridized carbons (Fsp3) is 0.350. The maximum Gasteiger partial charge on any atom is 0.414 e. The number of carbonyl (C=O) groups is 3. The smallest absolute Gasteiger partial charge is 0.414 e. The molecule has 3 amide bonds. The van der Waals surface area contributed by atoms with Gasteiger partial charge in [0.15, 0.2) is 5.06 Å². The van der Waals surface area contributed by atoms with Gasteiger partial charge in [-0.1, -0.05) is 22.9 Å². The number of thiophene rings is 1. The summed E-state index contributed by atoms with van der Waals surface area (Å²) in [4.78, 5) is 39.9. The monoisotopic (exact) mass is 527 g/mol. The third kappa shape index (κ3) is 5.13. The average molecular weight is 529 g/mol. The maximum atomic E-state index is 12.5. The molecule has 2 fully saturated rings. The minimum absolute atomic E-state index is 0.137. The minimum atomic E-state index is -0.609. The van der Waals surface area contributed by atoms with Gasteiger partial charge >= 0.3 is 12.2 Å². The van der Waals surface area contributed by atoms with Crippen molar-refractivity contribution in [3.05, 3.63) is 39.1 Å². The Morgan fingerprint density at radius 2 is 2.06 bits per heavy atom. The molecule has 2 aliphatic rings. The number of carbonyl (C=O) groups excluding carboxylic acids is 3. The zero-order valence-corrected chi connectivity index (χ0v) is 19.5. The number of cyclic esters (lactones) is 1. The van der Waals surface area contributed by atoms with Gasteiger partial charge in [-0.15, -0.1) is 0 Å². The highest BCUT2D eigenvalue weighted by atomic mass is 79.9. The second-order valence-corrected chi connectivity index (χ2v) is 9.94. The van der Waals surface area contributed by atoms with Gasteiger partial charge < -0.3 is 19.7 Å². The van der Waals surface area contributed by atoms with E-state index < -0.39 is 12.2 Å². The van der Waals surface area contributed by atoms with Crippen LogP contribution in [0.25, 0.3) is 0 Å². The van der Waals surface area contributed by atoms with Gasteiger partial charge in [0.05, 0.1) is 27.1 Å². The lowest BCUT2D eigenvalue weighted by atomic mass is 10.2. The molecule has 1 aromatic heterocycles.